The van der Waals surface area contributed by atoms with E-state index in [1.165, 1.54) is 16.6 Å². The van der Waals surface area contributed by atoms with Crippen LogP contribution in [0.1, 0.15) is 29.4 Å². The van der Waals surface area contributed by atoms with E-state index >= 15 is 4.32 Å². The highest BCUT2D eigenvalue weighted by molar-refractivity contribution is 6.48. The van der Waals surface area contributed by atoms with Crippen LogP contribution in [-0.2, 0) is 11.2 Å². The fraction of sp³-hybridized carbons (Fsp3) is 0.167. The van der Waals surface area contributed by atoms with Gasteiger partial charge in [-0.25, -0.2) is 4.39 Å². The Hall–Kier alpha value is -2.83. The maximum Gasteiger partial charge on any atom is 0.592 e. The molecule has 0 bridgehead atoms. The average molecular weight is 340 g/mol. The molecule has 3 heterocycles. The van der Waals surface area contributed by atoms with Crippen LogP contribution in [0.5, 0.6) is 0 Å². The molecule has 0 spiro atoms. The number of halogens is 2. The number of rotatable bonds is 4. The summed E-state index contributed by atoms with van der Waals surface area (Å²) in [5.74, 6) is -1.24. The number of carboxylic acids is 1. The SMILES string of the molecule is O=C(O)CCc1ccc2n1B(F)N1C(=C2)C=CC1c1ccc(F)cc1. The first-order valence-electron chi connectivity index (χ1n) is 8.04. The van der Waals surface area contributed by atoms with Crippen molar-refractivity contribution in [1.29, 1.82) is 0 Å². The lowest BCUT2D eigenvalue weighted by Crippen LogP contribution is -2.44. The van der Waals surface area contributed by atoms with E-state index in [4.69, 9.17) is 5.11 Å². The summed E-state index contributed by atoms with van der Waals surface area (Å²) < 4.78 is 30.0. The fourth-order valence-electron chi connectivity index (χ4n) is 3.44. The molecule has 0 radical (unpaired) electrons. The molecular weight excluding hydrogens is 325 g/mol. The zero-order chi connectivity index (χ0) is 17.6. The van der Waals surface area contributed by atoms with E-state index in [1.54, 1.807) is 29.1 Å². The van der Waals surface area contributed by atoms with E-state index in [0.717, 1.165) is 11.3 Å². The maximum atomic E-state index is 15.4. The Morgan fingerprint density at radius 3 is 2.68 bits per heavy atom. The van der Waals surface area contributed by atoms with Gasteiger partial charge in [-0.15, -0.1) is 0 Å². The molecule has 1 aromatic heterocycles. The van der Waals surface area contributed by atoms with Crippen LogP contribution < -0.4 is 0 Å². The number of hydrogen-bond acceptors (Lipinski definition) is 2. The summed E-state index contributed by atoms with van der Waals surface area (Å²) in [6.07, 6.45) is 5.83. The van der Waals surface area contributed by atoms with Crippen LogP contribution in [0.2, 0.25) is 0 Å². The number of carboxylic acid groups (broad SMARTS) is 1. The molecule has 4 nitrogen and oxygen atoms in total. The lowest BCUT2D eigenvalue weighted by molar-refractivity contribution is -0.136. The summed E-state index contributed by atoms with van der Waals surface area (Å²) in [6.45, 7) is 0. The van der Waals surface area contributed by atoms with E-state index in [9.17, 15) is 9.18 Å². The highest BCUT2D eigenvalue weighted by Crippen LogP contribution is 2.38. The molecule has 1 unspecified atom stereocenters. The third kappa shape index (κ3) is 2.65. The fourth-order valence-corrected chi connectivity index (χ4v) is 3.44. The molecule has 0 saturated carbocycles. The van der Waals surface area contributed by atoms with Crippen molar-refractivity contribution in [2.75, 3.05) is 0 Å². The van der Waals surface area contributed by atoms with Gasteiger partial charge in [0.1, 0.15) is 5.82 Å². The van der Waals surface area contributed by atoms with Gasteiger partial charge in [0, 0.05) is 17.1 Å². The van der Waals surface area contributed by atoms with Crippen LogP contribution in [-0.4, -0.2) is 27.6 Å². The van der Waals surface area contributed by atoms with Crippen molar-refractivity contribution in [3.05, 3.63) is 77.0 Å². The number of hydrogen-bond donors (Lipinski definition) is 1. The summed E-state index contributed by atoms with van der Waals surface area (Å²) in [5.41, 5.74) is 2.90. The van der Waals surface area contributed by atoms with E-state index in [2.05, 4.69) is 0 Å². The van der Waals surface area contributed by atoms with Crippen LogP contribution >= 0.6 is 0 Å². The van der Waals surface area contributed by atoms with Gasteiger partial charge < -0.3 is 14.4 Å². The highest BCUT2D eigenvalue weighted by atomic mass is 19.1. The summed E-state index contributed by atoms with van der Waals surface area (Å²) in [7, 11) is -1.45. The highest BCUT2D eigenvalue weighted by Gasteiger charge is 2.41. The first kappa shape index (κ1) is 15.7. The van der Waals surface area contributed by atoms with Gasteiger partial charge in [0.2, 0.25) is 0 Å². The van der Waals surface area contributed by atoms with Gasteiger partial charge in [0.25, 0.3) is 0 Å². The number of nitrogens with zero attached hydrogens (tertiary/aromatic N) is 2. The van der Waals surface area contributed by atoms with Crippen molar-refractivity contribution in [3.63, 3.8) is 0 Å². The Morgan fingerprint density at radius 1 is 1.20 bits per heavy atom. The normalized spacial score (nSPS) is 18.2. The number of benzene rings is 1. The standard InChI is InChI=1S/C18H15BF2N2O2/c20-13-3-1-12(2-4-13)17-9-7-16-11-15-6-5-14(8-10-18(24)25)22(15)19(21)23(16)17/h1-7,9,11,17H,8,10H2,(H,24,25). The average Bonchev–Trinajstić information content (AvgIpc) is 3.18. The predicted octanol–water partition coefficient (Wildman–Crippen LogP) is 3.41. The van der Waals surface area contributed by atoms with Crippen molar-refractivity contribution in [3.8, 4) is 0 Å². The van der Waals surface area contributed by atoms with Crippen LogP contribution in [0.15, 0.2) is 54.2 Å². The summed E-state index contributed by atoms with van der Waals surface area (Å²) in [5, 5.41) is 8.88. The molecule has 1 aromatic carbocycles. The summed E-state index contributed by atoms with van der Waals surface area (Å²) >= 11 is 0. The second kappa shape index (κ2) is 5.91. The number of fused-ring (bicyclic) bond motifs is 2. The Balaban J connectivity index is 1.68. The molecule has 0 amide bonds. The molecule has 0 fully saturated rings. The lowest BCUT2D eigenvalue weighted by atomic mass is 9.91. The second-order valence-electron chi connectivity index (χ2n) is 6.16. The minimum atomic E-state index is -1.45. The van der Waals surface area contributed by atoms with Crippen molar-refractivity contribution in [2.45, 2.75) is 18.9 Å². The van der Waals surface area contributed by atoms with E-state index in [0.29, 0.717) is 11.4 Å². The van der Waals surface area contributed by atoms with Gasteiger partial charge in [-0.3, -0.25) is 9.11 Å². The molecule has 25 heavy (non-hydrogen) atoms. The summed E-state index contributed by atoms with van der Waals surface area (Å²) in [4.78, 5) is 12.4. The Labute approximate surface area is 143 Å². The molecule has 2 aliphatic rings. The lowest BCUT2D eigenvalue weighted by Gasteiger charge is -2.34. The first-order valence-corrected chi connectivity index (χ1v) is 8.04. The minimum Gasteiger partial charge on any atom is -0.481 e. The predicted molar refractivity (Wildman–Crippen MR) is 90.7 cm³/mol. The number of allylic oxidation sites excluding steroid dienone is 1. The molecule has 1 atom stereocenters. The Kier molecular flexibility index (Phi) is 3.71. The third-order valence-electron chi connectivity index (χ3n) is 4.63. The van der Waals surface area contributed by atoms with Crippen LogP contribution in [0.25, 0.3) is 6.08 Å². The third-order valence-corrected chi connectivity index (χ3v) is 4.63. The molecule has 0 aliphatic carbocycles. The molecule has 2 aliphatic heterocycles. The van der Waals surface area contributed by atoms with Crippen molar-refractivity contribution < 1.29 is 18.6 Å². The van der Waals surface area contributed by atoms with E-state index in [1.807, 2.05) is 18.2 Å². The van der Waals surface area contributed by atoms with Crippen molar-refractivity contribution in [2.24, 2.45) is 0 Å². The molecular formula is C18H15BF2N2O2. The van der Waals surface area contributed by atoms with Crippen LogP contribution in [0.3, 0.4) is 0 Å². The Bertz CT molecular complexity index is 889. The molecule has 2 aromatic rings. The summed E-state index contributed by atoms with van der Waals surface area (Å²) in [6, 6.07) is 9.26. The van der Waals surface area contributed by atoms with Crippen LogP contribution in [0, 0.1) is 5.82 Å². The number of aryl methyl sites for hydroxylation is 1. The minimum absolute atomic E-state index is 0.0492. The van der Waals surface area contributed by atoms with E-state index in [-0.39, 0.29) is 24.7 Å². The van der Waals surface area contributed by atoms with Gasteiger partial charge in [0.15, 0.2) is 0 Å². The molecule has 126 valence electrons. The smallest absolute Gasteiger partial charge is 0.481 e. The topological polar surface area (TPSA) is 45.5 Å². The molecule has 4 rings (SSSR count). The van der Waals surface area contributed by atoms with Gasteiger partial charge in [0.05, 0.1) is 12.5 Å². The second-order valence-corrected chi connectivity index (χ2v) is 6.16. The van der Waals surface area contributed by atoms with E-state index < -0.39 is 13.2 Å². The zero-order valence-corrected chi connectivity index (χ0v) is 13.3. The molecule has 1 N–H and O–H groups in total. The van der Waals surface area contributed by atoms with Crippen molar-refractivity contribution in [1.82, 2.24) is 9.29 Å². The number of aromatic nitrogens is 1. The Morgan fingerprint density at radius 2 is 1.96 bits per heavy atom. The van der Waals surface area contributed by atoms with Gasteiger partial charge in [-0.1, -0.05) is 18.2 Å². The number of carbonyl (C=O) groups is 1. The monoisotopic (exact) mass is 340 g/mol. The van der Waals surface area contributed by atoms with Crippen molar-refractivity contribution >= 4 is 19.3 Å². The molecule has 7 heteroatoms. The quantitative estimate of drug-likeness (QED) is 0.868. The largest absolute Gasteiger partial charge is 0.592 e. The van der Waals surface area contributed by atoms with Gasteiger partial charge in [-0.2, -0.15) is 0 Å². The van der Waals surface area contributed by atoms with Gasteiger partial charge in [-0.05, 0) is 48.4 Å². The first-order chi connectivity index (χ1) is 12.0. The zero-order valence-electron chi connectivity index (χ0n) is 13.3. The maximum absolute atomic E-state index is 15.4. The molecule has 0 saturated heterocycles. The number of aliphatic carboxylic acids is 1. The van der Waals surface area contributed by atoms with Crippen LogP contribution in [0.4, 0.5) is 8.71 Å². The van der Waals surface area contributed by atoms with Gasteiger partial charge >= 0.3 is 13.2 Å².